The van der Waals surface area contributed by atoms with Crippen molar-refractivity contribution in [3.05, 3.63) is 35.7 Å². The molecule has 116 valence electrons. The van der Waals surface area contributed by atoms with Crippen LogP contribution < -0.4 is 5.14 Å². The van der Waals surface area contributed by atoms with Crippen LogP contribution in [-0.2, 0) is 20.0 Å². The van der Waals surface area contributed by atoms with Crippen molar-refractivity contribution in [3.8, 4) is 0 Å². The molecule has 1 aliphatic rings. The Hall–Kier alpha value is -1.29. The van der Waals surface area contributed by atoms with Crippen LogP contribution in [0.3, 0.4) is 0 Å². The second-order valence-electron chi connectivity index (χ2n) is 4.81. The molecule has 21 heavy (non-hydrogen) atoms. The molecule has 1 aromatic rings. The van der Waals surface area contributed by atoms with Crippen molar-refractivity contribution >= 4 is 20.0 Å². The molecular formula is C12H15FN2O4S2. The normalized spacial score (nSPS) is 17.6. The zero-order valence-electron chi connectivity index (χ0n) is 11.3. The number of benzene rings is 1. The molecule has 1 aliphatic heterocycles. The molecule has 0 saturated carbocycles. The first kappa shape index (κ1) is 16.1. The Morgan fingerprint density at radius 3 is 2.43 bits per heavy atom. The summed E-state index contributed by atoms with van der Waals surface area (Å²) < 4.78 is 62.2. The molecular weight excluding hydrogens is 319 g/mol. The number of sulfonamides is 2. The molecule has 0 bridgehead atoms. The summed E-state index contributed by atoms with van der Waals surface area (Å²) in [6.45, 7) is 2.25. The van der Waals surface area contributed by atoms with Crippen LogP contribution in [0.1, 0.15) is 13.3 Å². The van der Waals surface area contributed by atoms with Gasteiger partial charge in [0.1, 0.15) is 10.7 Å². The van der Waals surface area contributed by atoms with E-state index in [1.807, 2.05) is 6.08 Å². The van der Waals surface area contributed by atoms with Gasteiger partial charge in [-0.2, -0.15) is 4.31 Å². The number of hydrogen-bond donors (Lipinski definition) is 1. The van der Waals surface area contributed by atoms with E-state index >= 15 is 0 Å². The van der Waals surface area contributed by atoms with Crippen molar-refractivity contribution in [3.63, 3.8) is 0 Å². The molecule has 9 heteroatoms. The molecule has 2 rings (SSSR count). The summed E-state index contributed by atoms with van der Waals surface area (Å²) in [7, 11) is -8.08. The topological polar surface area (TPSA) is 97.5 Å². The largest absolute Gasteiger partial charge is 0.246 e. The van der Waals surface area contributed by atoms with Gasteiger partial charge < -0.3 is 0 Å². The minimum absolute atomic E-state index is 0.193. The second kappa shape index (κ2) is 5.48. The van der Waals surface area contributed by atoms with Crippen LogP contribution in [0.5, 0.6) is 0 Å². The van der Waals surface area contributed by atoms with Gasteiger partial charge in [0.25, 0.3) is 0 Å². The van der Waals surface area contributed by atoms with E-state index in [-0.39, 0.29) is 13.1 Å². The first-order chi connectivity index (χ1) is 9.62. The van der Waals surface area contributed by atoms with Crippen molar-refractivity contribution in [2.24, 2.45) is 5.14 Å². The van der Waals surface area contributed by atoms with E-state index in [0.29, 0.717) is 12.5 Å². The van der Waals surface area contributed by atoms with Crippen molar-refractivity contribution in [1.82, 2.24) is 4.31 Å². The Balaban J connectivity index is 2.44. The molecule has 0 saturated heterocycles. The lowest BCUT2D eigenvalue weighted by Crippen LogP contribution is -2.35. The van der Waals surface area contributed by atoms with Gasteiger partial charge >= 0.3 is 0 Å². The molecule has 1 aromatic carbocycles. The van der Waals surface area contributed by atoms with Gasteiger partial charge in [-0.15, -0.1) is 0 Å². The van der Waals surface area contributed by atoms with E-state index in [1.54, 1.807) is 6.92 Å². The summed E-state index contributed by atoms with van der Waals surface area (Å²) in [4.78, 5) is -1.02. The predicted octanol–water partition coefficient (Wildman–Crippen LogP) is 0.814. The first-order valence-electron chi connectivity index (χ1n) is 6.10. The summed E-state index contributed by atoms with van der Waals surface area (Å²) >= 11 is 0. The molecule has 1 heterocycles. The van der Waals surface area contributed by atoms with Crippen molar-refractivity contribution in [2.75, 3.05) is 13.1 Å². The van der Waals surface area contributed by atoms with Gasteiger partial charge in [0.05, 0.1) is 4.90 Å². The van der Waals surface area contributed by atoms with Crippen LogP contribution in [0, 0.1) is 5.82 Å². The second-order valence-corrected chi connectivity index (χ2v) is 8.28. The Kier molecular flexibility index (Phi) is 4.20. The maximum absolute atomic E-state index is 14.0. The summed E-state index contributed by atoms with van der Waals surface area (Å²) in [6.07, 6.45) is 2.48. The number of halogens is 1. The highest BCUT2D eigenvalue weighted by molar-refractivity contribution is 7.89. The van der Waals surface area contributed by atoms with E-state index in [9.17, 15) is 21.2 Å². The first-order valence-corrected chi connectivity index (χ1v) is 9.09. The predicted molar refractivity (Wildman–Crippen MR) is 74.9 cm³/mol. The smallest absolute Gasteiger partial charge is 0.225 e. The zero-order valence-corrected chi connectivity index (χ0v) is 12.9. The van der Waals surface area contributed by atoms with Crippen molar-refractivity contribution in [2.45, 2.75) is 23.1 Å². The number of nitrogens with zero attached hydrogens (tertiary/aromatic N) is 1. The van der Waals surface area contributed by atoms with Gasteiger partial charge in [-0.25, -0.2) is 26.4 Å². The average molecular weight is 334 g/mol. The number of rotatable bonds is 3. The lowest BCUT2D eigenvalue weighted by Gasteiger charge is -2.25. The molecule has 0 aromatic heterocycles. The average Bonchev–Trinajstić information content (AvgIpc) is 2.37. The monoisotopic (exact) mass is 334 g/mol. The van der Waals surface area contributed by atoms with Crippen LogP contribution in [0.2, 0.25) is 0 Å². The zero-order chi connectivity index (χ0) is 15.8. The molecule has 0 fully saturated rings. The van der Waals surface area contributed by atoms with E-state index < -0.39 is 35.7 Å². The highest BCUT2D eigenvalue weighted by Crippen LogP contribution is 2.24. The van der Waals surface area contributed by atoms with Crippen LogP contribution >= 0.6 is 0 Å². The Bertz CT molecular complexity index is 801. The summed E-state index contributed by atoms with van der Waals surface area (Å²) in [5.41, 5.74) is 0.881. The maximum atomic E-state index is 14.0. The summed E-state index contributed by atoms with van der Waals surface area (Å²) in [5, 5.41) is 4.88. The fourth-order valence-corrected chi connectivity index (χ4v) is 4.16. The fourth-order valence-electron chi connectivity index (χ4n) is 2.09. The van der Waals surface area contributed by atoms with Gasteiger partial charge in [0.15, 0.2) is 0 Å². The van der Waals surface area contributed by atoms with Crippen LogP contribution in [0.4, 0.5) is 4.39 Å². The van der Waals surface area contributed by atoms with E-state index in [0.717, 1.165) is 22.0 Å². The SMILES string of the molecule is CC1=CCCN(S(=O)(=O)c2ccc(S(N)(=O)=O)cc2F)C1. The minimum Gasteiger partial charge on any atom is -0.225 e. The van der Waals surface area contributed by atoms with E-state index in [1.165, 1.54) is 0 Å². The lowest BCUT2D eigenvalue weighted by atomic mass is 10.2. The van der Waals surface area contributed by atoms with E-state index in [4.69, 9.17) is 5.14 Å². The summed E-state index contributed by atoms with van der Waals surface area (Å²) in [6, 6.07) is 2.53. The maximum Gasteiger partial charge on any atom is 0.246 e. The molecule has 0 radical (unpaired) electrons. The quantitative estimate of drug-likeness (QED) is 0.827. The van der Waals surface area contributed by atoms with Crippen LogP contribution in [-0.4, -0.2) is 34.2 Å². The Morgan fingerprint density at radius 2 is 1.90 bits per heavy atom. The third-order valence-electron chi connectivity index (χ3n) is 3.15. The molecule has 2 N–H and O–H groups in total. The molecule has 0 atom stereocenters. The minimum atomic E-state index is -4.08. The Labute approximate surface area is 123 Å². The van der Waals surface area contributed by atoms with Gasteiger partial charge in [-0.05, 0) is 31.5 Å². The van der Waals surface area contributed by atoms with Gasteiger partial charge in [-0.1, -0.05) is 11.6 Å². The molecule has 0 aliphatic carbocycles. The van der Waals surface area contributed by atoms with Gasteiger partial charge in [0, 0.05) is 13.1 Å². The standard InChI is InChI=1S/C12H15FN2O4S2/c1-9-3-2-6-15(8-9)21(18,19)12-5-4-10(7-11(12)13)20(14,16)17/h3-5,7H,2,6,8H2,1H3,(H2,14,16,17). The number of nitrogens with two attached hydrogens (primary N) is 1. The fraction of sp³-hybridized carbons (Fsp3) is 0.333. The highest BCUT2D eigenvalue weighted by atomic mass is 32.2. The van der Waals surface area contributed by atoms with E-state index in [2.05, 4.69) is 0 Å². The molecule has 6 nitrogen and oxygen atoms in total. The van der Waals surface area contributed by atoms with Crippen LogP contribution in [0.15, 0.2) is 39.6 Å². The third kappa shape index (κ3) is 3.31. The number of primary sulfonamides is 1. The van der Waals surface area contributed by atoms with Gasteiger partial charge in [0.2, 0.25) is 20.0 Å². The highest BCUT2D eigenvalue weighted by Gasteiger charge is 2.29. The lowest BCUT2D eigenvalue weighted by molar-refractivity contribution is 0.423. The Morgan fingerprint density at radius 1 is 1.24 bits per heavy atom. The van der Waals surface area contributed by atoms with Crippen molar-refractivity contribution in [1.29, 1.82) is 0 Å². The summed E-state index contributed by atoms with van der Waals surface area (Å²) in [5.74, 6) is -1.13. The third-order valence-corrected chi connectivity index (χ3v) is 5.94. The molecule has 0 amide bonds. The van der Waals surface area contributed by atoms with Crippen LogP contribution in [0.25, 0.3) is 0 Å². The molecule has 0 unspecified atom stereocenters. The van der Waals surface area contributed by atoms with Crippen molar-refractivity contribution < 1.29 is 21.2 Å². The number of hydrogen-bond acceptors (Lipinski definition) is 4. The van der Waals surface area contributed by atoms with Gasteiger partial charge in [-0.3, -0.25) is 0 Å². The molecule has 0 spiro atoms.